The van der Waals surface area contributed by atoms with Crippen LogP contribution < -0.4 is 20.1 Å². The van der Waals surface area contributed by atoms with Crippen molar-refractivity contribution >= 4 is 23.2 Å². The maximum atomic E-state index is 12.4. The molecule has 0 aromatic heterocycles. The standard InChI is InChI=1S/C19H20N2O4/c1-3-9-24-15-6-4-5-13(10-15)19(23)20-14-7-8-17-16(11-14)21-18(22)12(2)25-17/h4-8,10-12H,3,9H2,1-2H3,(H,20,23)(H,21,22). The number of ether oxygens (including phenoxy) is 2. The van der Waals surface area contributed by atoms with E-state index in [1.54, 1.807) is 43.3 Å². The molecule has 0 spiro atoms. The van der Waals surface area contributed by atoms with Crippen LogP contribution in [0.25, 0.3) is 0 Å². The van der Waals surface area contributed by atoms with Gasteiger partial charge in [0.25, 0.3) is 11.8 Å². The van der Waals surface area contributed by atoms with Gasteiger partial charge in [0.15, 0.2) is 6.10 Å². The van der Waals surface area contributed by atoms with Crippen molar-refractivity contribution in [2.45, 2.75) is 26.4 Å². The van der Waals surface area contributed by atoms with E-state index in [9.17, 15) is 9.59 Å². The molecule has 25 heavy (non-hydrogen) atoms. The molecule has 130 valence electrons. The van der Waals surface area contributed by atoms with Crippen molar-refractivity contribution in [2.75, 3.05) is 17.2 Å². The minimum atomic E-state index is -0.529. The van der Waals surface area contributed by atoms with E-state index in [2.05, 4.69) is 10.6 Å². The molecule has 0 bridgehead atoms. The molecule has 3 rings (SSSR count). The molecule has 2 aromatic carbocycles. The number of amides is 2. The molecule has 2 amide bonds. The minimum absolute atomic E-state index is 0.211. The van der Waals surface area contributed by atoms with E-state index in [0.717, 1.165) is 6.42 Å². The van der Waals surface area contributed by atoms with Gasteiger partial charge in [0, 0.05) is 11.3 Å². The Labute approximate surface area is 146 Å². The van der Waals surface area contributed by atoms with Crippen LogP contribution in [-0.2, 0) is 4.79 Å². The monoisotopic (exact) mass is 340 g/mol. The van der Waals surface area contributed by atoms with Crippen LogP contribution in [0, 0.1) is 0 Å². The van der Waals surface area contributed by atoms with Crippen LogP contribution in [0.4, 0.5) is 11.4 Å². The van der Waals surface area contributed by atoms with Gasteiger partial charge in [-0.15, -0.1) is 0 Å². The number of nitrogens with one attached hydrogen (secondary N) is 2. The van der Waals surface area contributed by atoms with E-state index in [1.165, 1.54) is 0 Å². The van der Waals surface area contributed by atoms with E-state index >= 15 is 0 Å². The predicted molar refractivity (Wildman–Crippen MR) is 95.3 cm³/mol. The molecule has 1 unspecified atom stereocenters. The molecule has 2 N–H and O–H groups in total. The summed E-state index contributed by atoms with van der Waals surface area (Å²) in [4.78, 5) is 24.1. The number of benzene rings is 2. The highest BCUT2D eigenvalue weighted by Crippen LogP contribution is 2.32. The first kappa shape index (κ1) is 16.8. The molecule has 0 saturated carbocycles. The summed E-state index contributed by atoms with van der Waals surface area (Å²) in [7, 11) is 0. The molecule has 1 atom stereocenters. The van der Waals surface area contributed by atoms with Gasteiger partial charge >= 0.3 is 0 Å². The lowest BCUT2D eigenvalue weighted by Gasteiger charge is -2.23. The van der Waals surface area contributed by atoms with E-state index in [4.69, 9.17) is 9.47 Å². The Morgan fingerprint density at radius 2 is 2.12 bits per heavy atom. The molecule has 0 saturated heterocycles. The van der Waals surface area contributed by atoms with E-state index in [-0.39, 0.29) is 11.8 Å². The van der Waals surface area contributed by atoms with Crippen molar-refractivity contribution in [3.63, 3.8) is 0 Å². The molecular formula is C19H20N2O4. The highest BCUT2D eigenvalue weighted by Gasteiger charge is 2.23. The van der Waals surface area contributed by atoms with Crippen LogP contribution >= 0.6 is 0 Å². The third kappa shape index (κ3) is 3.91. The van der Waals surface area contributed by atoms with Gasteiger partial charge in [-0.1, -0.05) is 13.0 Å². The summed E-state index contributed by atoms with van der Waals surface area (Å²) >= 11 is 0. The summed E-state index contributed by atoms with van der Waals surface area (Å²) < 4.78 is 11.0. The fraction of sp³-hybridized carbons (Fsp3) is 0.263. The Morgan fingerprint density at radius 3 is 2.92 bits per heavy atom. The number of hydrogen-bond acceptors (Lipinski definition) is 4. The van der Waals surface area contributed by atoms with Crippen LogP contribution in [0.2, 0.25) is 0 Å². The Morgan fingerprint density at radius 1 is 1.28 bits per heavy atom. The zero-order valence-corrected chi connectivity index (χ0v) is 14.2. The lowest BCUT2D eigenvalue weighted by atomic mass is 10.1. The lowest BCUT2D eigenvalue weighted by molar-refractivity contribution is -0.122. The number of fused-ring (bicyclic) bond motifs is 1. The molecule has 2 aromatic rings. The van der Waals surface area contributed by atoms with Gasteiger partial charge in [-0.05, 0) is 49.7 Å². The minimum Gasteiger partial charge on any atom is -0.494 e. The SMILES string of the molecule is CCCOc1cccc(C(=O)Nc2ccc3c(c2)NC(=O)C(C)O3)c1. The van der Waals surface area contributed by atoms with E-state index in [0.29, 0.717) is 35.0 Å². The van der Waals surface area contributed by atoms with Crippen molar-refractivity contribution < 1.29 is 19.1 Å². The number of hydrogen-bond donors (Lipinski definition) is 2. The average molecular weight is 340 g/mol. The maximum Gasteiger partial charge on any atom is 0.265 e. The number of carbonyl (C=O) groups excluding carboxylic acids is 2. The summed E-state index contributed by atoms with van der Waals surface area (Å²) in [6.45, 7) is 4.31. The second-order valence-corrected chi connectivity index (χ2v) is 5.79. The Balaban J connectivity index is 1.73. The topological polar surface area (TPSA) is 76.7 Å². The molecule has 6 nitrogen and oxygen atoms in total. The van der Waals surface area contributed by atoms with Gasteiger partial charge in [0.2, 0.25) is 0 Å². The Bertz CT molecular complexity index is 804. The summed E-state index contributed by atoms with van der Waals surface area (Å²) in [5, 5.41) is 5.58. The third-order valence-electron chi connectivity index (χ3n) is 3.74. The van der Waals surface area contributed by atoms with Crippen molar-refractivity contribution in [1.82, 2.24) is 0 Å². The first-order valence-electron chi connectivity index (χ1n) is 8.22. The van der Waals surface area contributed by atoms with E-state index < -0.39 is 6.10 Å². The molecular weight excluding hydrogens is 320 g/mol. The normalized spacial score (nSPS) is 15.6. The molecule has 1 aliphatic heterocycles. The van der Waals surface area contributed by atoms with Crippen molar-refractivity contribution in [1.29, 1.82) is 0 Å². The third-order valence-corrected chi connectivity index (χ3v) is 3.74. The van der Waals surface area contributed by atoms with Crippen LogP contribution in [0.1, 0.15) is 30.6 Å². The van der Waals surface area contributed by atoms with Crippen LogP contribution in [0.3, 0.4) is 0 Å². The second kappa shape index (κ2) is 7.25. The fourth-order valence-electron chi connectivity index (χ4n) is 2.44. The van der Waals surface area contributed by atoms with Crippen LogP contribution in [0.15, 0.2) is 42.5 Å². The van der Waals surface area contributed by atoms with Crippen LogP contribution in [-0.4, -0.2) is 24.5 Å². The summed E-state index contributed by atoms with van der Waals surface area (Å²) in [5.41, 5.74) is 1.61. The summed E-state index contributed by atoms with van der Waals surface area (Å²) in [6, 6.07) is 12.2. The lowest BCUT2D eigenvalue weighted by Crippen LogP contribution is -2.34. The molecule has 0 aliphatic carbocycles. The zero-order chi connectivity index (χ0) is 17.8. The molecule has 1 heterocycles. The van der Waals surface area contributed by atoms with Gasteiger partial charge in [-0.3, -0.25) is 9.59 Å². The first-order chi connectivity index (χ1) is 12.1. The fourth-order valence-corrected chi connectivity index (χ4v) is 2.44. The number of rotatable bonds is 5. The van der Waals surface area contributed by atoms with Crippen molar-refractivity contribution in [3.05, 3.63) is 48.0 Å². The highest BCUT2D eigenvalue weighted by atomic mass is 16.5. The van der Waals surface area contributed by atoms with Gasteiger partial charge in [-0.25, -0.2) is 0 Å². The van der Waals surface area contributed by atoms with Gasteiger partial charge < -0.3 is 20.1 Å². The molecule has 0 radical (unpaired) electrons. The predicted octanol–water partition coefficient (Wildman–Crippen LogP) is 3.45. The first-order valence-corrected chi connectivity index (χ1v) is 8.22. The number of anilines is 2. The Kier molecular flexibility index (Phi) is 4.88. The van der Waals surface area contributed by atoms with Crippen molar-refractivity contribution in [2.24, 2.45) is 0 Å². The average Bonchev–Trinajstić information content (AvgIpc) is 2.61. The molecule has 0 fully saturated rings. The Hall–Kier alpha value is -3.02. The molecule has 1 aliphatic rings. The van der Waals surface area contributed by atoms with Crippen molar-refractivity contribution in [3.8, 4) is 11.5 Å². The largest absolute Gasteiger partial charge is 0.494 e. The van der Waals surface area contributed by atoms with Gasteiger partial charge in [0.05, 0.1) is 12.3 Å². The quantitative estimate of drug-likeness (QED) is 0.874. The van der Waals surface area contributed by atoms with Crippen LogP contribution in [0.5, 0.6) is 11.5 Å². The molecule has 6 heteroatoms. The summed E-state index contributed by atoms with van der Waals surface area (Å²) in [5.74, 6) is 0.782. The smallest absolute Gasteiger partial charge is 0.265 e. The van der Waals surface area contributed by atoms with E-state index in [1.807, 2.05) is 13.0 Å². The zero-order valence-electron chi connectivity index (χ0n) is 14.2. The maximum absolute atomic E-state index is 12.4. The number of carbonyl (C=O) groups is 2. The van der Waals surface area contributed by atoms with Gasteiger partial charge in [-0.2, -0.15) is 0 Å². The second-order valence-electron chi connectivity index (χ2n) is 5.79. The highest BCUT2D eigenvalue weighted by molar-refractivity contribution is 6.05. The van der Waals surface area contributed by atoms with Gasteiger partial charge in [0.1, 0.15) is 11.5 Å². The summed E-state index contributed by atoms with van der Waals surface area (Å²) in [6.07, 6.45) is 0.372.